The van der Waals surface area contributed by atoms with Crippen LogP contribution in [-0.2, 0) is 13.1 Å². The number of carbonyl (C=O) groups excluding carboxylic acids is 1. The molecule has 2 aromatic carbocycles. The first kappa shape index (κ1) is 22.0. The highest BCUT2D eigenvalue weighted by atomic mass is 35.5. The largest absolute Gasteiger partial charge is 0.461 e. The number of nitrogens with zero attached hydrogens (tertiary/aromatic N) is 4. The van der Waals surface area contributed by atoms with E-state index in [1.807, 2.05) is 42.6 Å². The van der Waals surface area contributed by atoms with Gasteiger partial charge in [0.15, 0.2) is 11.5 Å². The van der Waals surface area contributed by atoms with Crippen LogP contribution >= 0.6 is 23.2 Å². The van der Waals surface area contributed by atoms with Crippen molar-refractivity contribution in [1.82, 2.24) is 14.9 Å². The lowest BCUT2D eigenvalue weighted by Crippen LogP contribution is -2.30. The number of carbonyl (C=O) groups is 1. The molecule has 0 saturated heterocycles. The van der Waals surface area contributed by atoms with Gasteiger partial charge in [-0.3, -0.25) is 14.4 Å². The van der Waals surface area contributed by atoms with Gasteiger partial charge in [-0.15, -0.1) is 0 Å². The van der Waals surface area contributed by atoms with Gasteiger partial charge in [0.25, 0.3) is 5.91 Å². The average molecular weight is 493 g/mol. The van der Waals surface area contributed by atoms with Gasteiger partial charge in [0, 0.05) is 22.3 Å². The molecule has 0 fully saturated rings. The van der Waals surface area contributed by atoms with Gasteiger partial charge in [-0.1, -0.05) is 52.6 Å². The summed E-state index contributed by atoms with van der Waals surface area (Å²) in [4.78, 5) is 15.1. The van der Waals surface area contributed by atoms with E-state index in [4.69, 9.17) is 32.1 Å². The molecule has 0 aliphatic rings. The number of benzene rings is 2. The number of amides is 1. The molecule has 1 amide bonds. The molecule has 7 nitrogen and oxygen atoms in total. The van der Waals surface area contributed by atoms with E-state index in [1.54, 1.807) is 46.1 Å². The van der Waals surface area contributed by atoms with E-state index in [0.717, 1.165) is 11.1 Å². The van der Waals surface area contributed by atoms with E-state index in [2.05, 4.69) is 10.3 Å². The highest BCUT2D eigenvalue weighted by molar-refractivity contribution is 6.30. The zero-order valence-electron chi connectivity index (χ0n) is 17.8. The molecule has 0 aliphatic carbocycles. The first-order chi connectivity index (χ1) is 16.5. The second-order valence-corrected chi connectivity index (χ2v) is 8.47. The Bertz CT molecular complexity index is 1390. The standard InChI is InChI=1S/C25H18Cl2N4O3/c26-19-7-3-17(4-8-19)14-30-16-21(13-28-30)31(15-18-5-9-20(27)10-6-18)25(32)22-12-24(34-29-22)23-2-1-11-33-23/h1-13,16H,14-15H2. The molecule has 0 N–H and O–H groups in total. The summed E-state index contributed by atoms with van der Waals surface area (Å²) < 4.78 is 12.4. The second kappa shape index (κ2) is 9.59. The van der Waals surface area contributed by atoms with Gasteiger partial charge in [0.05, 0.1) is 31.2 Å². The molecule has 0 unspecified atom stereocenters. The maximum atomic E-state index is 13.5. The van der Waals surface area contributed by atoms with Crippen LogP contribution in [0.2, 0.25) is 10.0 Å². The number of aromatic nitrogens is 3. The van der Waals surface area contributed by atoms with Crippen LogP contribution in [-0.4, -0.2) is 20.8 Å². The third kappa shape index (κ3) is 4.90. The molecule has 9 heteroatoms. The monoisotopic (exact) mass is 492 g/mol. The molecular weight excluding hydrogens is 475 g/mol. The third-order valence-corrected chi connectivity index (χ3v) is 5.69. The van der Waals surface area contributed by atoms with Crippen molar-refractivity contribution >= 4 is 34.8 Å². The van der Waals surface area contributed by atoms with Crippen molar-refractivity contribution in [3.8, 4) is 11.5 Å². The minimum Gasteiger partial charge on any atom is -0.461 e. The van der Waals surface area contributed by atoms with E-state index < -0.39 is 0 Å². The lowest BCUT2D eigenvalue weighted by molar-refractivity contribution is 0.0976. The first-order valence-corrected chi connectivity index (χ1v) is 11.1. The summed E-state index contributed by atoms with van der Waals surface area (Å²) in [6.07, 6.45) is 4.99. The zero-order valence-corrected chi connectivity index (χ0v) is 19.3. The van der Waals surface area contributed by atoms with Crippen LogP contribution in [0.5, 0.6) is 0 Å². The van der Waals surface area contributed by atoms with Gasteiger partial charge >= 0.3 is 0 Å². The third-order valence-electron chi connectivity index (χ3n) is 5.18. The Morgan fingerprint density at radius 2 is 1.65 bits per heavy atom. The summed E-state index contributed by atoms with van der Waals surface area (Å²) in [5, 5.41) is 9.71. The fourth-order valence-electron chi connectivity index (χ4n) is 3.46. The minimum atomic E-state index is -0.331. The van der Waals surface area contributed by atoms with Crippen LogP contribution in [0.25, 0.3) is 11.5 Å². The Morgan fingerprint density at radius 1 is 0.941 bits per heavy atom. The number of furan rings is 1. The minimum absolute atomic E-state index is 0.158. The maximum absolute atomic E-state index is 13.5. The van der Waals surface area contributed by atoms with E-state index in [1.165, 1.54) is 6.26 Å². The molecule has 0 spiro atoms. The molecule has 3 heterocycles. The molecule has 3 aromatic heterocycles. The van der Waals surface area contributed by atoms with Crippen LogP contribution in [0.3, 0.4) is 0 Å². The summed E-state index contributed by atoms with van der Waals surface area (Å²) >= 11 is 12.0. The summed E-state index contributed by atoms with van der Waals surface area (Å²) in [6.45, 7) is 0.832. The molecule has 0 aliphatic heterocycles. The van der Waals surface area contributed by atoms with E-state index in [-0.39, 0.29) is 11.6 Å². The van der Waals surface area contributed by atoms with Gasteiger partial charge in [-0.2, -0.15) is 5.10 Å². The van der Waals surface area contributed by atoms with Crippen molar-refractivity contribution in [2.45, 2.75) is 13.1 Å². The molecule has 170 valence electrons. The summed E-state index contributed by atoms with van der Waals surface area (Å²) in [5.74, 6) is 0.535. The molecular formula is C25H18Cl2N4O3. The molecule has 0 radical (unpaired) electrons. The van der Waals surface area contributed by atoms with Crippen molar-refractivity contribution in [2.24, 2.45) is 0 Å². The molecule has 0 saturated carbocycles. The molecule has 0 bridgehead atoms. The van der Waals surface area contributed by atoms with E-state index in [0.29, 0.717) is 40.3 Å². The van der Waals surface area contributed by atoms with Gasteiger partial charge in [0.2, 0.25) is 5.76 Å². The van der Waals surface area contributed by atoms with Crippen LogP contribution < -0.4 is 4.90 Å². The number of hydrogen-bond donors (Lipinski definition) is 0. The van der Waals surface area contributed by atoms with Crippen molar-refractivity contribution in [3.05, 3.63) is 112 Å². The number of halogens is 2. The quantitative estimate of drug-likeness (QED) is 0.265. The lowest BCUT2D eigenvalue weighted by Gasteiger charge is -2.20. The Hall–Kier alpha value is -3.81. The summed E-state index contributed by atoms with van der Waals surface area (Å²) in [6, 6.07) is 19.9. The maximum Gasteiger partial charge on any atom is 0.280 e. The molecule has 34 heavy (non-hydrogen) atoms. The number of rotatable bonds is 7. The fourth-order valence-corrected chi connectivity index (χ4v) is 3.71. The van der Waals surface area contributed by atoms with Crippen LogP contribution in [0.15, 0.2) is 94.3 Å². The predicted molar refractivity (Wildman–Crippen MR) is 129 cm³/mol. The highest BCUT2D eigenvalue weighted by Crippen LogP contribution is 2.25. The Labute approximate surface area is 205 Å². The summed E-state index contributed by atoms with van der Waals surface area (Å²) in [5.41, 5.74) is 2.72. The molecule has 0 atom stereocenters. The SMILES string of the molecule is O=C(c1cc(-c2ccco2)on1)N(Cc1ccc(Cl)cc1)c1cnn(Cc2ccc(Cl)cc2)c1. The normalized spacial score (nSPS) is 11.0. The highest BCUT2D eigenvalue weighted by Gasteiger charge is 2.24. The lowest BCUT2D eigenvalue weighted by atomic mass is 10.2. The van der Waals surface area contributed by atoms with E-state index >= 15 is 0 Å². The second-order valence-electron chi connectivity index (χ2n) is 7.59. The average Bonchev–Trinajstić information content (AvgIpc) is 3.61. The van der Waals surface area contributed by atoms with Gasteiger partial charge in [0.1, 0.15) is 0 Å². The molecule has 5 rings (SSSR count). The fraction of sp³-hybridized carbons (Fsp3) is 0.0800. The van der Waals surface area contributed by atoms with Crippen molar-refractivity contribution < 1.29 is 13.7 Å². The van der Waals surface area contributed by atoms with Crippen molar-refractivity contribution in [3.63, 3.8) is 0 Å². The Balaban J connectivity index is 1.43. The van der Waals surface area contributed by atoms with Crippen molar-refractivity contribution in [2.75, 3.05) is 4.90 Å². The Morgan fingerprint density at radius 3 is 2.32 bits per heavy atom. The van der Waals surface area contributed by atoms with Crippen LogP contribution in [0, 0.1) is 0 Å². The summed E-state index contributed by atoms with van der Waals surface area (Å²) in [7, 11) is 0. The van der Waals surface area contributed by atoms with Crippen molar-refractivity contribution in [1.29, 1.82) is 0 Å². The molecule has 5 aromatic rings. The van der Waals surface area contributed by atoms with Gasteiger partial charge in [-0.05, 0) is 47.5 Å². The van der Waals surface area contributed by atoms with E-state index in [9.17, 15) is 4.79 Å². The predicted octanol–water partition coefficient (Wildman–Crippen LogP) is 6.33. The number of anilines is 1. The smallest absolute Gasteiger partial charge is 0.280 e. The van der Waals surface area contributed by atoms with Gasteiger partial charge in [-0.25, -0.2) is 0 Å². The van der Waals surface area contributed by atoms with Gasteiger partial charge < -0.3 is 8.94 Å². The van der Waals surface area contributed by atoms with Crippen LogP contribution in [0.1, 0.15) is 21.6 Å². The van der Waals surface area contributed by atoms with Crippen LogP contribution in [0.4, 0.5) is 5.69 Å². The Kier molecular flexibility index (Phi) is 6.20. The number of hydrogen-bond acceptors (Lipinski definition) is 5. The zero-order chi connectivity index (χ0) is 23.5. The topological polar surface area (TPSA) is 77.3 Å². The first-order valence-electron chi connectivity index (χ1n) is 10.4.